The van der Waals surface area contributed by atoms with Gasteiger partial charge in [0.05, 0.1) is 17.8 Å². The first kappa shape index (κ1) is 13.3. The van der Waals surface area contributed by atoms with Gasteiger partial charge in [0, 0.05) is 6.42 Å². The minimum Gasteiger partial charge on any atom is -0.397 e. The zero-order valence-corrected chi connectivity index (χ0v) is 8.64. The number of halogens is 4. The number of alkyl halides is 3. The highest BCUT2D eigenvalue weighted by Crippen LogP contribution is 2.23. The first-order valence-electron chi connectivity index (χ1n) is 4.69. The van der Waals surface area contributed by atoms with Crippen LogP contribution in [0.5, 0.6) is 0 Å². The Balaban J connectivity index is 2.59. The van der Waals surface area contributed by atoms with Crippen LogP contribution in [0.2, 0.25) is 0 Å². The maximum Gasteiger partial charge on any atom is 0.389 e. The molecule has 0 fully saturated rings. The van der Waals surface area contributed by atoms with E-state index in [1.54, 1.807) is 0 Å². The van der Waals surface area contributed by atoms with E-state index >= 15 is 0 Å². The molecule has 7 heteroatoms. The van der Waals surface area contributed by atoms with Crippen LogP contribution in [0.25, 0.3) is 0 Å². The van der Waals surface area contributed by atoms with Gasteiger partial charge in [0.2, 0.25) is 5.91 Å². The van der Waals surface area contributed by atoms with Crippen LogP contribution in [0.15, 0.2) is 18.2 Å². The predicted octanol–water partition coefficient (Wildman–Crippen LogP) is 2.69. The third kappa shape index (κ3) is 4.71. The Bertz CT molecular complexity index is 417. The van der Waals surface area contributed by atoms with E-state index in [-0.39, 0.29) is 11.4 Å². The summed E-state index contributed by atoms with van der Waals surface area (Å²) >= 11 is 0. The van der Waals surface area contributed by atoms with Crippen LogP contribution >= 0.6 is 0 Å². The summed E-state index contributed by atoms with van der Waals surface area (Å²) in [6.45, 7) is 0. The minimum absolute atomic E-state index is 0.0304. The Morgan fingerprint density at radius 2 is 2.00 bits per heavy atom. The number of hydrogen-bond acceptors (Lipinski definition) is 2. The Labute approximate surface area is 94.6 Å². The molecule has 0 spiro atoms. The van der Waals surface area contributed by atoms with Crippen molar-refractivity contribution >= 4 is 17.3 Å². The Morgan fingerprint density at radius 3 is 2.59 bits per heavy atom. The van der Waals surface area contributed by atoms with E-state index in [9.17, 15) is 22.4 Å². The predicted molar refractivity (Wildman–Crippen MR) is 54.7 cm³/mol. The summed E-state index contributed by atoms with van der Waals surface area (Å²) in [4.78, 5) is 11.1. The van der Waals surface area contributed by atoms with Crippen molar-refractivity contribution in [1.82, 2.24) is 0 Å². The van der Waals surface area contributed by atoms with Gasteiger partial charge in [-0.3, -0.25) is 4.79 Å². The van der Waals surface area contributed by atoms with Gasteiger partial charge in [-0.25, -0.2) is 4.39 Å². The fourth-order valence-corrected chi connectivity index (χ4v) is 1.10. The lowest BCUT2D eigenvalue weighted by atomic mass is 10.2. The van der Waals surface area contributed by atoms with E-state index in [1.165, 1.54) is 6.07 Å². The van der Waals surface area contributed by atoms with Gasteiger partial charge in [-0.15, -0.1) is 0 Å². The van der Waals surface area contributed by atoms with Crippen molar-refractivity contribution in [2.75, 3.05) is 11.1 Å². The molecule has 1 aromatic carbocycles. The van der Waals surface area contributed by atoms with E-state index in [2.05, 4.69) is 5.32 Å². The van der Waals surface area contributed by atoms with Gasteiger partial charge < -0.3 is 11.1 Å². The first-order chi connectivity index (χ1) is 7.78. The number of nitrogen functional groups attached to an aromatic ring is 1. The summed E-state index contributed by atoms with van der Waals surface area (Å²) in [5, 5.41) is 2.12. The number of carbonyl (C=O) groups excluding carboxylic acids is 1. The fourth-order valence-electron chi connectivity index (χ4n) is 1.10. The molecule has 0 aliphatic carbocycles. The second kappa shape index (κ2) is 5.03. The molecule has 0 radical (unpaired) electrons. The van der Waals surface area contributed by atoms with Crippen LogP contribution in [0.3, 0.4) is 0 Å². The average Bonchev–Trinajstić information content (AvgIpc) is 2.20. The number of hydrogen-bond donors (Lipinski definition) is 2. The van der Waals surface area contributed by atoms with Crippen molar-refractivity contribution in [3.8, 4) is 0 Å². The summed E-state index contributed by atoms with van der Waals surface area (Å²) in [6.07, 6.45) is -6.35. The lowest BCUT2D eigenvalue weighted by molar-refractivity contribution is -0.142. The molecule has 0 aliphatic heterocycles. The van der Waals surface area contributed by atoms with Crippen molar-refractivity contribution in [3.63, 3.8) is 0 Å². The highest BCUT2D eigenvalue weighted by molar-refractivity contribution is 5.93. The van der Waals surface area contributed by atoms with Gasteiger partial charge in [0.1, 0.15) is 5.82 Å². The van der Waals surface area contributed by atoms with E-state index in [0.717, 1.165) is 12.1 Å². The summed E-state index contributed by atoms with van der Waals surface area (Å²) < 4.78 is 48.3. The van der Waals surface area contributed by atoms with Gasteiger partial charge in [0.25, 0.3) is 0 Å². The first-order valence-corrected chi connectivity index (χ1v) is 4.69. The van der Waals surface area contributed by atoms with Crippen molar-refractivity contribution in [2.45, 2.75) is 19.0 Å². The molecule has 1 amide bonds. The number of amides is 1. The molecule has 0 bridgehead atoms. The summed E-state index contributed by atoms with van der Waals surface area (Å²) in [7, 11) is 0. The molecule has 17 heavy (non-hydrogen) atoms. The van der Waals surface area contributed by atoms with Crippen molar-refractivity contribution < 1.29 is 22.4 Å². The number of nitrogens with two attached hydrogens (primary N) is 1. The van der Waals surface area contributed by atoms with E-state index < -0.39 is 30.7 Å². The number of benzene rings is 1. The Hall–Kier alpha value is -1.79. The number of anilines is 2. The molecular weight excluding hydrogens is 240 g/mol. The molecule has 3 N–H and O–H groups in total. The van der Waals surface area contributed by atoms with Crippen LogP contribution in [-0.2, 0) is 4.79 Å². The standard InChI is InChI=1S/C10H10F4N2O/c11-6-1-2-7(15)8(5-6)16-9(17)3-4-10(12,13)14/h1-2,5H,3-4,15H2,(H,16,17). The van der Waals surface area contributed by atoms with Gasteiger partial charge in [-0.05, 0) is 18.2 Å². The maximum absolute atomic E-state index is 12.8. The van der Waals surface area contributed by atoms with Crippen LogP contribution in [0.4, 0.5) is 28.9 Å². The number of carbonyl (C=O) groups is 1. The van der Waals surface area contributed by atoms with Crippen LogP contribution < -0.4 is 11.1 Å². The second-order valence-electron chi connectivity index (χ2n) is 3.39. The monoisotopic (exact) mass is 250 g/mol. The van der Waals surface area contributed by atoms with Gasteiger partial charge >= 0.3 is 6.18 Å². The van der Waals surface area contributed by atoms with Gasteiger partial charge in [-0.1, -0.05) is 0 Å². The molecule has 1 aromatic rings. The molecule has 94 valence electrons. The highest BCUT2D eigenvalue weighted by atomic mass is 19.4. The maximum atomic E-state index is 12.8. The van der Waals surface area contributed by atoms with Gasteiger partial charge in [0.15, 0.2) is 0 Å². The third-order valence-corrected chi connectivity index (χ3v) is 1.92. The molecule has 0 heterocycles. The molecule has 0 unspecified atom stereocenters. The second-order valence-corrected chi connectivity index (χ2v) is 3.39. The fraction of sp³-hybridized carbons (Fsp3) is 0.300. The smallest absolute Gasteiger partial charge is 0.389 e. The minimum atomic E-state index is -4.40. The van der Waals surface area contributed by atoms with E-state index in [4.69, 9.17) is 5.73 Å². The van der Waals surface area contributed by atoms with Crippen molar-refractivity contribution in [1.29, 1.82) is 0 Å². The van der Waals surface area contributed by atoms with E-state index in [0.29, 0.717) is 0 Å². The van der Waals surface area contributed by atoms with Crippen LogP contribution in [0, 0.1) is 5.82 Å². The lowest BCUT2D eigenvalue weighted by Gasteiger charge is -2.09. The summed E-state index contributed by atoms with van der Waals surface area (Å²) in [6, 6.07) is 3.25. The summed E-state index contributed by atoms with van der Waals surface area (Å²) in [5.41, 5.74) is 5.48. The molecule has 0 atom stereocenters. The van der Waals surface area contributed by atoms with Gasteiger partial charge in [-0.2, -0.15) is 13.2 Å². The summed E-state index contributed by atoms with van der Waals surface area (Å²) in [5.74, 6) is -1.50. The molecule has 0 aromatic heterocycles. The normalized spacial score (nSPS) is 11.3. The quantitative estimate of drug-likeness (QED) is 0.640. The molecule has 0 aliphatic rings. The lowest BCUT2D eigenvalue weighted by Crippen LogP contribution is -2.17. The Kier molecular flexibility index (Phi) is 3.93. The largest absolute Gasteiger partial charge is 0.397 e. The zero-order chi connectivity index (χ0) is 13.1. The number of nitrogens with one attached hydrogen (secondary N) is 1. The SMILES string of the molecule is Nc1ccc(F)cc1NC(=O)CCC(F)(F)F. The average molecular weight is 250 g/mol. The number of rotatable bonds is 3. The van der Waals surface area contributed by atoms with E-state index in [1.807, 2.05) is 0 Å². The third-order valence-electron chi connectivity index (χ3n) is 1.92. The highest BCUT2D eigenvalue weighted by Gasteiger charge is 2.27. The van der Waals surface area contributed by atoms with Crippen LogP contribution in [0.1, 0.15) is 12.8 Å². The molecule has 1 rings (SSSR count). The molecule has 0 saturated heterocycles. The Morgan fingerprint density at radius 1 is 1.35 bits per heavy atom. The molecule has 0 saturated carbocycles. The topological polar surface area (TPSA) is 55.1 Å². The van der Waals surface area contributed by atoms with Crippen molar-refractivity contribution in [3.05, 3.63) is 24.0 Å². The zero-order valence-electron chi connectivity index (χ0n) is 8.64. The molecule has 3 nitrogen and oxygen atoms in total. The van der Waals surface area contributed by atoms with Crippen molar-refractivity contribution in [2.24, 2.45) is 0 Å². The molecular formula is C10H10F4N2O. The van der Waals surface area contributed by atoms with Crippen LogP contribution in [-0.4, -0.2) is 12.1 Å².